The highest BCUT2D eigenvalue weighted by molar-refractivity contribution is 6.12. The topological polar surface area (TPSA) is 49.6 Å². The summed E-state index contributed by atoms with van der Waals surface area (Å²) in [6.07, 6.45) is 1.80. The number of aromatic nitrogens is 2. The first-order valence-corrected chi connectivity index (χ1v) is 16.1. The van der Waals surface area contributed by atoms with E-state index in [-0.39, 0.29) is 5.82 Å². The van der Waals surface area contributed by atoms with Crippen molar-refractivity contribution in [1.29, 1.82) is 5.26 Å². The largest absolute Gasteiger partial charge is 0.254 e. The van der Waals surface area contributed by atoms with Gasteiger partial charge in [-0.05, 0) is 104 Å². The van der Waals surface area contributed by atoms with E-state index in [2.05, 4.69) is 103 Å². The summed E-state index contributed by atoms with van der Waals surface area (Å²) in [5.41, 5.74) is 12.0. The number of nitriles is 1. The maximum Gasteiger partial charge on any atom is 0.123 e. The minimum atomic E-state index is -0.276. The van der Waals surface area contributed by atoms with Crippen molar-refractivity contribution in [2.24, 2.45) is 0 Å². The third-order valence-corrected chi connectivity index (χ3v) is 9.40. The minimum Gasteiger partial charge on any atom is -0.254 e. The first kappa shape index (κ1) is 28.5. The molecule has 0 saturated heterocycles. The molecule has 0 saturated carbocycles. The van der Waals surface area contributed by atoms with Gasteiger partial charge in [0.1, 0.15) is 5.82 Å². The Kier molecular flexibility index (Phi) is 6.71. The fraction of sp³-hybridized carbons (Fsp3) is 0. The van der Waals surface area contributed by atoms with Crippen molar-refractivity contribution in [2.75, 3.05) is 0 Å². The van der Waals surface area contributed by atoms with Gasteiger partial charge in [-0.25, -0.2) is 9.37 Å². The van der Waals surface area contributed by atoms with E-state index in [1.165, 1.54) is 34.0 Å². The summed E-state index contributed by atoms with van der Waals surface area (Å²) >= 11 is 0. The van der Waals surface area contributed by atoms with Crippen LogP contribution in [0.5, 0.6) is 0 Å². The smallest absolute Gasteiger partial charge is 0.123 e. The second kappa shape index (κ2) is 11.5. The molecular weight excluding hydrogens is 602 g/mol. The molecular formula is C45H26FN3. The lowest BCUT2D eigenvalue weighted by molar-refractivity contribution is 0.629. The molecule has 0 bridgehead atoms. The highest BCUT2D eigenvalue weighted by Crippen LogP contribution is 2.39. The predicted molar refractivity (Wildman–Crippen MR) is 198 cm³/mol. The van der Waals surface area contributed by atoms with Crippen molar-refractivity contribution in [1.82, 2.24) is 9.97 Å². The van der Waals surface area contributed by atoms with Gasteiger partial charge in [0.25, 0.3) is 0 Å². The van der Waals surface area contributed by atoms with Crippen LogP contribution in [0.3, 0.4) is 0 Å². The van der Waals surface area contributed by atoms with Crippen LogP contribution in [0.1, 0.15) is 5.56 Å². The fourth-order valence-corrected chi connectivity index (χ4v) is 6.96. The van der Waals surface area contributed by atoms with Gasteiger partial charge >= 0.3 is 0 Å². The van der Waals surface area contributed by atoms with Gasteiger partial charge in [-0.1, -0.05) is 103 Å². The molecule has 49 heavy (non-hydrogen) atoms. The van der Waals surface area contributed by atoms with Gasteiger partial charge in [0.05, 0.1) is 28.2 Å². The van der Waals surface area contributed by atoms with Gasteiger partial charge in [-0.3, -0.25) is 4.98 Å². The molecule has 2 aromatic heterocycles. The van der Waals surface area contributed by atoms with Crippen LogP contribution in [0.4, 0.5) is 4.39 Å². The summed E-state index contributed by atoms with van der Waals surface area (Å²) in [5, 5.41) is 14.2. The summed E-state index contributed by atoms with van der Waals surface area (Å²) in [7, 11) is 0. The number of pyridine rings is 2. The highest BCUT2D eigenvalue weighted by atomic mass is 19.1. The lowest BCUT2D eigenvalue weighted by Crippen LogP contribution is -1.91. The number of benzene rings is 7. The SMILES string of the molecule is N#Cc1ccc(-c2ccc(-c3ccc(-c4ccc(-c5cc6cc7cc(F)ccc7nc6c6ncccc56)cc4)c4ccccc34)cc2)cc1. The Morgan fingerprint density at radius 3 is 1.67 bits per heavy atom. The van der Waals surface area contributed by atoms with Gasteiger partial charge in [-0.15, -0.1) is 0 Å². The van der Waals surface area contributed by atoms with Crippen LogP contribution in [0.15, 0.2) is 158 Å². The summed E-state index contributed by atoms with van der Waals surface area (Å²) in [6.45, 7) is 0. The van der Waals surface area contributed by atoms with E-state index in [1.807, 2.05) is 36.4 Å². The lowest BCUT2D eigenvalue weighted by Gasteiger charge is -2.14. The molecule has 2 heterocycles. The van der Waals surface area contributed by atoms with Crippen LogP contribution in [-0.2, 0) is 0 Å². The van der Waals surface area contributed by atoms with Crippen molar-refractivity contribution in [3.63, 3.8) is 0 Å². The van der Waals surface area contributed by atoms with Gasteiger partial charge in [0.15, 0.2) is 0 Å². The Labute approximate surface area is 282 Å². The van der Waals surface area contributed by atoms with Gasteiger partial charge in [0, 0.05) is 22.4 Å². The summed E-state index contributed by atoms with van der Waals surface area (Å²) in [4.78, 5) is 9.61. The Bertz CT molecular complexity index is 2760. The molecule has 3 nitrogen and oxygen atoms in total. The normalized spacial score (nSPS) is 11.3. The number of rotatable bonds is 4. The molecule has 4 heteroatoms. The molecule has 0 fully saturated rings. The molecule has 9 aromatic rings. The first-order valence-electron chi connectivity index (χ1n) is 16.1. The first-order chi connectivity index (χ1) is 24.1. The standard InChI is InChI=1S/C45H26FN3/c46-36-19-22-43-34(25-36)24-35-26-42(41-6-3-23-48-45(41)44(35)49-43)33-17-15-32(16-18-33)38-21-20-37(39-4-1-2-5-40(38)39)31-13-11-30(12-14-31)29-9-7-28(27-47)8-10-29/h1-26H. The molecule has 0 aliphatic heterocycles. The average Bonchev–Trinajstić information content (AvgIpc) is 3.16. The molecule has 0 aliphatic rings. The van der Waals surface area contributed by atoms with E-state index in [1.54, 1.807) is 12.3 Å². The van der Waals surface area contributed by atoms with Crippen LogP contribution >= 0.6 is 0 Å². The van der Waals surface area contributed by atoms with E-state index in [9.17, 15) is 4.39 Å². The number of fused-ring (bicyclic) bond motifs is 5. The second-order valence-corrected chi connectivity index (χ2v) is 12.3. The predicted octanol–water partition coefficient (Wildman–Crippen LogP) is 11.8. The number of hydrogen-bond donors (Lipinski definition) is 0. The molecule has 0 atom stereocenters. The molecule has 0 aliphatic carbocycles. The van der Waals surface area contributed by atoms with E-state index in [4.69, 9.17) is 15.2 Å². The van der Waals surface area contributed by atoms with E-state index < -0.39 is 0 Å². The Morgan fingerprint density at radius 1 is 0.469 bits per heavy atom. The highest BCUT2D eigenvalue weighted by Gasteiger charge is 2.14. The third kappa shape index (κ3) is 4.97. The van der Waals surface area contributed by atoms with Gasteiger partial charge < -0.3 is 0 Å². The second-order valence-electron chi connectivity index (χ2n) is 12.3. The molecule has 0 N–H and O–H groups in total. The molecule has 0 unspecified atom stereocenters. The molecule has 228 valence electrons. The molecule has 0 spiro atoms. The average molecular weight is 628 g/mol. The van der Waals surface area contributed by atoms with Crippen LogP contribution in [-0.4, -0.2) is 9.97 Å². The molecule has 7 aromatic carbocycles. The maximum absolute atomic E-state index is 14.1. The zero-order valence-electron chi connectivity index (χ0n) is 26.2. The van der Waals surface area contributed by atoms with Crippen molar-refractivity contribution in [3.05, 3.63) is 169 Å². The maximum atomic E-state index is 14.1. The van der Waals surface area contributed by atoms with Crippen molar-refractivity contribution >= 4 is 43.5 Å². The summed E-state index contributed by atoms with van der Waals surface area (Å²) in [6, 6.07) is 53.1. The van der Waals surface area contributed by atoms with Crippen LogP contribution in [0.2, 0.25) is 0 Å². The van der Waals surface area contributed by atoms with Crippen molar-refractivity contribution in [3.8, 4) is 50.6 Å². The lowest BCUT2D eigenvalue weighted by atomic mass is 9.90. The zero-order chi connectivity index (χ0) is 32.9. The Balaban J connectivity index is 1.10. The Hall–Kier alpha value is -6.70. The van der Waals surface area contributed by atoms with Gasteiger partial charge in [-0.2, -0.15) is 5.26 Å². The zero-order valence-corrected chi connectivity index (χ0v) is 26.2. The Morgan fingerprint density at radius 2 is 1.04 bits per heavy atom. The molecule has 0 radical (unpaired) electrons. The van der Waals surface area contributed by atoms with Crippen LogP contribution < -0.4 is 0 Å². The summed E-state index contributed by atoms with van der Waals surface area (Å²) in [5.74, 6) is -0.276. The van der Waals surface area contributed by atoms with Crippen molar-refractivity contribution in [2.45, 2.75) is 0 Å². The molecule has 9 rings (SSSR count). The summed E-state index contributed by atoms with van der Waals surface area (Å²) < 4.78 is 14.1. The van der Waals surface area contributed by atoms with E-state index in [0.29, 0.717) is 5.56 Å². The number of hydrogen-bond acceptors (Lipinski definition) is 3. The minimum absolute atomic E-state index is 0.276. The number of nitrogens with zero attached hydrogens (tertiary/aromatic N) is 3. The van der Waals surface area contributed by atoms with Crippen LogP contribution in [0.25, 0.3) is 88.0 Å². The third-order valence-electron chi connectivity index (χ3n) is 9.40. The fourth-order valence-electron chi connectivity index (χ4n) is 6.96. The monoisotopic (exact) mass is 627 g/mol. The quantitative estimate of drug-likeness (QED) is 0.144. The van der Waals surface area contributed by atoms with E-state index >= 15 is 0 Å². The van der Waals surface area contributed by atoms with Crippen LogP contribution in [0, 0.1) is 17.1 Å². The van der Waals surface area contributed by atoms with Crippen molar-refractivity contribution < 1.29 is 4.39 Å². The molecule has 0 amide bonds. The number of halogens is 1. The van der Waals surface area contributed by atoms with E-state index in [0.717, 1.165) is 66.1 Å². The van der Waals surface area contributed by atoms with Gasteiger partial charge in [0.2, 0.25) is 0 Å².